The second-order valence-corrected chi connectivity index (χ2v) is 6.53. The Morgan fingerprint density at radius 3 is 2.56 bits per heavy atom. The molecule has 0 aliphatic carbocycles. The highest BCUT2D eigenvalue weighted by Crippen LogP contribution is 2.27. The number of nitrogens with zero attached hydrogens (tertiary/aromatic N) is 2. The third-order valence-corrected chi connectivity index (χ3v) is 4.80. The zero-order valence-corrected chi connectivity index (χ0v) is 15.1. The number of ether oxygens (including phenoxy) is 1. The number of benzene rings is 2. The largest absolute Gasteiger partial charge is 0.463 e. The Bertz CT molecular complexity index is 1170. The lowest BCUT2D eigenvalue weighted by Crippen LogP contribution is -2.17. The quantitative estimate of drug-likeness (QED) is 0.531. The lowest BCUT2D eigenvalue weighted by atomic mass is 10.0. The first-order chi connectivity index (χ1) is 13.1. The highest BCUT2D eigenvalue weighted by Gasteiger charge is 2.09. The van der Waals surface area contributed by atoms with Crippen molar-refractivity contribution < 1.29 is 9.13 Å². The Morgan fingerprint density at radius 2 is 1.81 bits per heavy atom. The number of aromatic nitrogens is 2. The third kappa shape index (κ3) is 3.12. The van der Waals surface area contributed by atoms with Gasteiger partial charge < -0.3 is 9.30 Å². The van der Waals surface area contributed by atoms with Crippen molar-refractivity contribution in [3.05, 3.63) is 82.9 Å². The molecule has 0 saturated carbocycles. The number of hydrogen-bond donors (Lipinski definition) is 0. The van der Waals surface area contributed by atoms with E-state index in [4.69, 9.17) is 4.74 Å². The SMILES string of the molecule is Cc1cc(=O)n(-c2ccc(OCF)cc2)cc1-c1ccc2ccn(C)c2c1. The molecule has 0 fully saturated rings. The minimum atomic E-state index is -0.879. The standard InChI is InChI=1S/C22H19FN2O2/c1-15-11-22(26)25(18-5-7-19(8-6-18)27-14-23)13-20(15)17-4-3-16-9-10-24(2)21(16)12-17/h3-13H,14H2,1-2H3. The molecular weight excluding hydrogens is 343 g/mol. The van der Waals surface area contributed by atoms with Crippen molar-refractivity contribution in [1.82, 2.24) is 9.13 Å². The van der Waals surface area contributed by atoms with Crippen LogP contribution in [0.4, 0.5) is 4.39 Å². The van der Waals surface area contributed by atoms with E-state index < -0.39 is 6.86 Å². The van der Waals surface area contributed by atoms with Crippen LogP contribution < -0.4 is 10.3 Å². The van der Waals surface area contributed by atoms with Crippen LogP contribution in [0.3, 0.4) is 0 Å². The fraction of sp³-hybridized carbons (Fsp3) is 0.136. The molecule has 0 spiro atoms. The molecule has 0 bridgehead atoms. The van der Waals surface area contributed by atoms with Gasteiger partial charge in [-0.05, 0) is 59.8 Å². The van der Waals surface area contributed by atoms with E-state index in [1.165, 1.54) is 5.39 Å². The molecule has 27 heavy (non-hydrogen) atoms. The van der Waals surface area contributed by atoms with Gasteiger partial charge in [0.1, 0.15) is 5.75 Å². The zero-order chi connectivity index (χ0) is 19.0. The maximum Gasteiger partial charge on any atom is 0.255 e. The summed E-state index contributed by atoms with van der Waals surface area (Å²) in [5.74, 6) is 0.427. The van der Waals surface area contributed by atoms with Crippen LogP contribution in [0, 0.1) is 6.92 Å². The van der Waals surface area contributed by atoms with Crippen molar-refractivity contribution in [1.29, 1.82) is 0 Å². The van der Waals surface area contributed by atoms with E-state index in [2.05, 4.69) is 28.8 Å². The smallest absolute Gasteiger partial charge is 0.255 e. The van der Waals surface area contributed by atoms with Crippen molar-refractivity contribution in [2.45, 2.75) is 6.92 Å². The number of fused-ring (bicyclic) bond motifs is 1. The van der Waals surface area contributed by atoms with Crippen LogP contribution in [0.15, 0.2) is 71.8 Å². The topological polar surface area (TPSA) is 36.2 Å². The summed E-state index contributed by atoms with van der Waals surface area (Å²) >= 11 is 0. The monoisotopic (exact) mass is 362 g/mol. The predicted octanol–water partition coefficient (Wildman–Crippen LogP) is 4.61. The summed E-state index contributed by atoms with van der Waals surface area (Å²) in [4.78, 5) is 12.5. The van der Waals surface area contributed by atoms with Crippen LogP contribution in [0.1, 0.15) is 5.56 Å². The van der Waals surface area contributed by atoms with Crippen molar-refractivity contribution in [2.75, 3.05) is 6.86 Å². The minimum Gasteiger partial charge on any atom is -0.463 e. The summed E-state index contributed by atoms with van der Waals surface area (Å²) in [5, 5.41) is 1.18. The molecule has 2 aromatic carbocycles. The first-order valence-corrected chi connectivity index (χ1v) is 8.65. The van der Waals surface area contributed by atoms with E-state index >= 15 is 0 Å². The van der Waals surface area contributed by atoms with Crippen LogP contribution >= 0.6 is 0 Å². The molecule has 0 unspecified atom stereocenters. The zero-order valence-electron chi connectivity index (χ0n) is 15.1. The predicted molar refractivity (Wildman–Crippen MR) is 105 cm³/mol. The summed E-state index contributed by atoms with van der Waals surface area (Å²) in [5.41, 5.74) is 4.68. The highest BCUT2D eigenvalue weighted by atomic mass is 19.1. The Labute approximate surface area is 156 Å². The molecule has 4 rings (SSSR count). The molecule has 5 heteroatoms. The molecule has 0 atom stereocenters. The molecular formula is C22H19FN2O2. The number of pyridine rings is 1. The molecule has 4 nitrogen and oxygen atoms in total. The maximum atomic E-state index is 12.5. The van der Waals surface area contributed by atoms with Gasteiger partial charge in [0.15, 0.2) is 0 Å². The van der Waals surface area contributed by atoms with Gasteiger partial charge >= 0.3 is 0 Å². The molecule has 136 valence electrons. The van der Waals surface area contributed by atoms with Gasteiger partial charge in [-0.2, -0.15) is 0 Å². The van der Waals surface area contributed by atoms with Crippen LogP contribution in [-0.2, 0) is 7.05 Å². The van der Waals surface area contributed by atoms with Crippen molar-refractivity contribution in [3.8, 4) is 22.6 Å². The highest BCUT2D eigenvalue weighted by molar-refractivity contribution is 5.85. The van der Waals surface area contributed by atoms with Gasteiger partial charge in [0, 0.05) is 42.3 Å². The number of aryl methyl sites for hydroxylation is 2. The maximum absolute atomic E-state index is 12.5. The minimum absolute atomic E-state index is 0.115. The second kappa shape index (κ2) is 6.76. The van der Waals surface area contributed by atoms with E-state index in [0.29, 0.717) is 11.4 Å². The Morgan fingerprint density at radius 1 is 1.04 bits per heavy atom. The van der Waals surface area contributed by atoms with Gasteiger partial charge in [0.2, 0.25) is 6.86 Å². The summed E-state index contributed by atoms with van der Waals surface area (Å²) in [6.45, 7) is 1.06. The van der Waals surface area contributed by atoms with E-state index in [1.807, 2.05) is 26.4 Å². The molecule has 4 aromatic rings. The van der Waals surface area contributed by atoms with Crippen molar-refractivity contribution in [2.24, 2.45) is 7.05 Å². The molecule has 0 amide bonds. The Balaban J connectivity index is 1.83. The van der Waals surface area contributed by atoms with E-state index in [9.17, 15) is 9.18 Å². The summed E-state index contributed by atoms with van der Waals surface area (Å²) in [7, 11) is 2.01. The van der Waals surface area contributed by atoms with E-state index in [-0.39, 0.29) is 5.56 Å². The van der Waals surface area contributed by atoms with Gasteiger partial charge in [-0.3, -0.25) is 9.36 Å². The first kappa shape index (κ1) is 17.1. The van der Waals surface area contributed by atoms with Crippen molar-refractivity contribution in [3.63, 3.8) is 0 Å². The average Bonchev–Trinajstić information content (AvgIpc) is 3.03. The number of alkyl halides is 1. The summed E-state index contributed by atoms with van der Waals surface area (Å²) in [6.07, 6.45) is 3.88. The first-order valence-electron chi connectivity index (χ1n) is 8.65. The van der Waals surface area contributed by atoms with Gasteiger partial charge in [-0.1, -0.05) is 12.1 Å². The van der Waals surface area contributed by atoms with E-state index in [0.717, 1.165) is 22.2 Å². The van der Waals surface area contributed by atoms with Gasteiger partial charge in [-0.15, -0.1) is 0 Å². The lowest BCUT2D eigenvalue weighted by molar-refractivity contribution is 0.192. The fourth-order valence-corrected chi connectivity index (χ4v) is 3.33. The molecule has 2 heterocycles. The normalized spacial score (nSPS) is 11.1. The molecule has 0 saturated heterocycles. The molecule has 2 aromatic heterocycles. The van der Waals surface area contributed by atoms with Gasteiger partial charge in [-0.25, -0.2) is 4.39 Å². The molecule has 0 aliphatic heterocycles. The summed E-state index contributed by atoms with van der Waals surface area (Å²) < 4.78 is 20.8. The number of hydrogen-bond acceptors (Lipinski definition) is 2. The third-order valence-electron chi connectivity index (χ3n) is 4.80. The Kier molecular flexibility index (Phi) is 4.28. The van der Waals surface area contributed by atoms with Gasteiger partial charge in [0.05, 0.1) is 0 Å². The van der Waals surface area contributed by atoms with Gasteiger partial charge in [0.25, 0.3) is 5.56 Å². The fourth-order valence-electron chi connectivity index (χ4n) is 3.33. The van der Waals surface area contributed by atoms with Crippen LogP contribution in [-0.4, -0.2) is 16.0 Å². The molecule has 0 N–H and O–H groups in total. The van der Waals surface area contributed by atoms with Crippen molar-refractivity contribution >= 4 is 10.9 Å². The molecule has 0 aliphatic rings. The summed E-state index contributed by atoms with van der Waals surface area (Å²) in [6, 6.07) is 16.8. The van der Waals surface area contributed by atoms with Crippen LogP contribution in [0.25, 0.3) is 27.7 Å². The van der Waals surface area contributed by atoms with Crippen LogP contribution in [0.2, 0.25) is 0 Å². The number of rotatable bonds is 4. The molecule has 0 radical (unpaired) electrons. The average molecular weight is 362 g/mol. The number of halogens is 1. The Hall–Kier alpha value is -3.34. The van der Waals surface area contributed by atoms with Crippen LogP contribution in [0.5, 0.6) is 5.75 Å². The lowest BCUT2D eigenvalue weighted by Gasteiger charge is -2.12. The second-order valence-electron chi connectivity index (χ2n) is 6.53. The van der Waals surface area contributed by atoms with E-state index in [1.54, 1.807) is 34.9 Å².